The minimum absolute atomic E-state index is 0.0158. The average Bonchev–Trinajstić information content (AvgIpc) is 2.74. The Bertz CT molecular complexity index is 468. The zero-order valence-electron chi connectivity index (χ0n) is 18.7. The number of aliphatic hydroxyl groups excluding tert-OH is 2. The summed E-state index contributed by atoms with van der Waals surface area (Å²) >= 11 is 0. The van der Waals surface area contributed by atoms with Gasteiger partial charge in [-0.15, -0.1) is 0 Å². The third-order valence-electron chi connectivity index (χ3n) is 5.87. The third-order valence-corrected chi connectivity index (χ3v) is 5.87. The summed E-state index contributed by atoms with van der Waals surface area (Å²) in [5.41, 5.74) is -0.805. The molecule has 1 aliphatic rings. The fourth-order valence-corrected chi connectivity index (χ4v) is 4.11. The Morgan fingerprint density at radius 3 is 2.37 bits per heavy atom. The van der Waals surface area contributed by atoms with Gasteiger partial charge in [0.25, 0.3) is 0 Å². The minimum atomic E-state index is -0.949. The highest BCUT2D eigenvalue weighted by Gasteiger charge is 2.40. The molecule has 2 atom stereocenters. The van der Waals surface area contributed by atoms with Gasteiger partial charge in [-0.25, -0.2) is 4.79 Å². The second-order valence-electron chi connectivity index (χ2n) is 8.52. The van der Waals surface area contributed by atoms with E-state index in [-0.39, 0.29) is 32.2 Å². The molecule has 0 aromatic heterocycles. The normalized spacial score (nSPS) is 24.5. The van der Waals surface area contributed by atoms with Crippen molar-refractivity contribution in [2.24, 2.45) is 5.41 Å². The SMILES string of the molecule is CCCCCCC1(CC(O)CO)CCCCCCCCCC(=O)OOCCOC1=O. The lowest BCUT2D eigenvalue weighted by atomic mass is 9.73. The molecule has 0 radical (unpaired) electrons. The van der Waals surface area contributed by atoms with Gasteiger partial charge in [0.1, 0.15) is 13.2 Å². The van der Waals surface area contributed by atoms with Crippen LogP contribution in [-0.4, -0.2) is 48.1 Å². The van der Waals surface area contributed by atoms with E-state index in [1.54, 1.807) is 0 Å². The van der Waals surface area contributed by atoms with Crippen LogP contribution in [0.25, 0.3) is 0 Å². The van der Waals surface area contributed by atoms with Gasteiger partial charge in [0.15, 0.2) is 0 Å². The highest BCUT2D eigenvalue weighted by Crippen LogP contribution is 2.38. The number of hydrogen-bond donors (Lipinski definition) is 2. The van der Waals surface area contributed by atoms with Gasteiger partial charge >= 0.3 is 11.9 Å². The zero-order valence-corrected chi connectivity index (χ0v) is 18.7. The summed E-state index contributed by atoms with van der Waals surface area (Å²) in [4.78, 5) is 34.3. The van der Waals surface area contributed by atoms with Gasteiger partial charge in [0, 0.05) is 6.42 Å². The van der Waals surface area contributed by atoms with E-state index in [0.29, 0.717) is 19.3 Å². The summed E-state index contributed by atoms with van der Waals surface area (Å²) in [5.74, 6) is -0.757. The van der Waals surface area contributed by atoms with Crippen LogP contribution in [0.2, 0.25) is 0 Å². The van der Waals surface area contributed by atoms with Crippen LogP contribution in [0.1, 0.15) is 103 Å². The number of rotatable bonds is 8. The van der Waals surface area contributed by atoms with E-state index in [1.807, 2.05) is 0 Å². The molecule has 0 saturated carbocycles. The van der Waals surface area contributed by atoms with Crippen molar-refractivity contribution < 1.29 is 34.3 Å². The fraction of sp³-hybridized carbons (Fsp3) is 0.913. The number of carbonyl (C=O) groups excluding carboxylic acids is 2. The van der Waals surface area contributed by atoms with E-state index in [0.717, 1.165) is 70.6 Å². The van der Waals surface area contributed by atoms with Crippen LogP contribution in [0.5, 0.6) is 0 Å². The molecule has 0 amide bonds. The molecule has 2 N–H and O–H groups in total. The van der Waals surface area contributed by atoms with Gasteiger partial charge in [-0.1, -0.05) is 71.1 Å². The Hall–Kier alpha value is -1.18. The molecule has 0 aromatic carbocycles. The number of cyclic esters (lactones) is 1. The van der Waals surface area contributed by atoms with Gasteiger partial charge in [0.05, 0.1) is 18.1 Å². The average molecular weight is 431 g/mol. The van der Waals surface area contributed by atoms with Crippen LogP contribution < -0.4 is 0 Å². The Kier molecular flexibility index (Phi) is 14.8. The second kappa shape index (κ2) is 16.5. The predicted molar refractivity (Wildman–Crippen MR) is 113 cm³/mol. The largest absolute Gasteiger partial charge is 0.463 e. The number of unbranched alkanes of at least 4 members (excludes halogenated alkanes) is 3. The van der Waals surface area contributed by atoms with Crippen LogP contribution in [0.4, 0.5) is 0 Å². The number of ether oxygens (including phenoxy) is 1. The zero-order chi connectivity index (χ0) is 22.1. The maximum Gasteiger partial charge on any atom is 0.342 e. The summed E-state index contributed by atoms with van der Waals surface area (Å²) < 4.78 is 5.47. The van der Waals surface area contributed by atoms with Crippen molar-refractivity contribution in [2.45, 2.75) is 109 Å². The van der Waals surface area contributed by atoms with E-state index < -0.39 is 17.5 Å². The summed E-state index contributed by atoms with van der Waals surface area (Å²) in [5, 5.41) is 19.5. The lowest BCUT2D eigenvalue weighted by molar-refractivity contribution is -0.276. The number of esters is 1. The molecule has 1 rings (SSSR count). The molecule has 7 heteroatoms. The highest BCUT2D eigenvalue weighted by molar-refractivity contribution is 5.77. The Balaban J connectivity index is 2.82. The molecule has 2 unspecified atom stereocenters. The van der Waals surface area contributed by atoms with Gasteiger partial charge in [0.2, 0.25) is 0 Å². The molecule has 0 aliphatic carbocycles. The summed E-state index contributed by atoms with van der Waals surface area (Å²) in [6.45, 7) is 1.73. The van der Waals surface area contributed by atoms with E-state index in [1.165, 1.54) is 0 Å². The lowest BCUT2D eigenvalue weighted by Crippen LogP contribution is -2.38. The first kappa shape index (κ1) is 26.9. The first-order valence-electron chi connectivity index (χ1n) is 11.8. The van der Waals surface area contributed by atoms with Crippen molar-refractivity contribution in [1.82, 2.24) is 0 Å². The third kappa shape index (κ3) is 11.3. The molecule has 0 spiro atoms. The first-order valence-corrected chi connectivity index (χ1v) is 11.8. The fourth-order valence-electron chi connectivity index (χ4n) is 4.11. The second-order valence-corrected chi connectivity index (χ2v) is 8.52. The standard InChI is InChI=1S/C23H42O7/c1-2-3-4-11-14-23(18-20(25)19-24)15-12-9-7-5-6-8-10-13-21(26)30-29-17-16-28-22(23)27/h20,24-25H,2-19H2,1H3. The van der Waals surface area contributed by atoms with Crippen molar-refractivity contribution >= 4 is 11.9 Å². The maximum absolute atomic E-state index is 13.1. The van der Waals surface area contributed by atoms with E-state index in [4.69, 9.17) is 14.5 Å². The smallest absolute Gasteiger partial charge is 0.342 e. The van der Waals surface area contributed by atoms with E-state index in [2.05, 4.69) is 6.92 Å². The number of carbonyl (C=O) groups is 2. The quantitative estimate of drug-likeness (QED) is 0.337. The Morgan fingerprint density at radius 1 is 0.967 bits per heavy atom. The molecule has 0 aromatic rings. The Morgan fingerprint density at radius 2 is 1.67 bits per heavy atom. The van der Waals surface area contributed by atoms with E-state index in [9.17, 15) is 19.8 Å². The summed E-state index contributed by atoms with van der Waals surface area (Å²) in [6.07, 6.45) is 11.9. The van der Waals surface area contributed by atoms with Crippen LogP contribution >= 0.6 is 0 Å². The summed E-state index contributed by atoms with van der Waals surface area (Å²) in [6, 6.07) is 0. The molecule has 176 valence electrons. The predicted octanol–water partition coefficient (Wildman–Crippen LogP) is 4.23. The number of aliphatic hydroxyl groups is 2. The molecule has 1 aliphatic heterocycles. The minimum Gasteiger partial charge on any atom is -0.463 e. The van der Waals surface area contributed by atoms with Gasteiger partial charge in [-0.2, -0.15) is 4.89 Å². The molecular weight excluding hydrogens is 388 g/mol. The summed E-state index contributed by atoms with van der Waals surface area (Å²) in [7, 11) is 0. The molecule has 7 nitrogen and oxygen atoms in total. The number of hydrogen-bond acceptors (Lipinski definition) is 7. The van der Waals surface area contributed by atoms with Crippen LogP contribution in [0.15, 0.2) is 0 Å². The molecular formula is C23H42O7. The van der Waals surface area contributed by atoms with Crippen LogP contribution in [-0.2, 0) is 24.1 Å². The van der Waals surface area contributed by atoms with Gasteiger partial charge in [-0.05, 0) is 25.7 Å². The van der Waals surface area contributed by atoms with Crippen molar-refractivity contribution in [1.29, 1.82) is 0 Å². The van der Waals surface area contributed by atoms with Crippen molar-refractivity contribution in [3.63, 3.8) is 0 Å². The van der Waals surface area contributed by atoms with Crippen LogP contribution in [0.3, 0.4) is 0 Å². The first-order chi connectivity index (χ1) is 14.5. The van der Waals surface area contributed by atoms with Crippen LogP contribution in [0, 0.1) is 5.41 Å². The molecule has 1 saturated heterocycles. The molecule has 0 bridgehead atoms. The maximum atomic E-state index is 13.1. The highest BCUT2D eigenvalue weighted by atomic mass is 17.2. The topological polar surface area (TPSA) is 102 Å². The molecule has 1 fully saturated rings. The Labute approximate surface area is 181 Å². The van der Waals surface area contributed by atoms with Crippen molar-refractivity contribution in [2.75, 3.05) is 19.8 Å². The molecule has 30 heavy (non-hydrogen) atoms. The molecule has 1 heterocycles. The van der Waals surface area contributed by atoms with Crippen molar-refractivity contribution in [3.8, 4) is 0 Å². The van der Waals surface area contributed by atoms with E-state index >= 15 is 0 Å². The van der Waals surface area contributed by atoms with Crippen molar-refractivity contribution in [3.05, 3.63) is 0 Å². The monoisotopic (exact) mass is 430 g/mol. The van der Waals surface area contributed by atoms with Gasteiger partial charge < -0.3 is 14.9 Å². The lowest BCUT2D eigenvalue weighted by Gasteiger charge is -2.33. The van der Waals surface area contributed by atoms with Gasteiger partial charge in [-0.3, -0.25) is 9.68 Å².